The lowest BCUT2D eigenvalue weighted by Crippen LogP contribution is -2.36. The molecular formula is C11H20N4O. The molecular weight excluding hydrogens is 204 g/mol. The summed E-state index contributed by atoms with van der Waals surface area (Å²) in [6.07, 6.45) is 6.69. The molecule has 2 N–H and O–H groups in total. The minimum Gasteiger partial charge on any atom is -0.338 e. The summed E-state index contributed by atoms with van der Waals surface area (Å²) in [5, 5.41) is 9.70. The zero-order valence-electron chi connectivity index (χ0n) is 9.78. The Kier molecular flexibility index (Phi) is 6.06. The van der Waals surface area contributed by atoms with Crippen molar-refractivity contribution in [1.29, 1.82) is 0 Å². The average Bonchev–Trinajstić information content (AvgIpc) is 2.78. The summed E-state index contributed by atoms with van der Waals surface area (Å²) in [5.41, 5.74) is 0. The van der Waals surface area contributed by atoms with Gasteiger partial charge in [0.25, 0.3) is 0 Å². The fourth-order valence-electron chi connectivity index (χ4n) is 1.32. The third-order valence-corrected chi connectivity index (χ3v) is 2.22. The van der Waals surface area contributed by atoms with Crippen LogP contribution in [0.15, 0.2) is 18.5 Å². The van der Waals surface area contributed by atoms with Gasteiger partial charge in [-0.15, -0.1) is 0 Å². The van der Waals surface area contributed by atoms with Crippen molar-refractivity contribution in [2.24, 2.45) is 0 Å². The molecule has 2 amide bonds. The molecule has 1 aromatic rings. The van der Waals surface area contributed by atoms with Gasteiger partial charge in [-0.2, -0.15) is 5.10 Å². The van der Waals surface area contributed by atoms with Gasteiger partial charge in [0, 0.05) is 32.0 Å². The lowest BCUT2D eigenvalue weighted by Gasteiger charge is -2.06. The highest BCUT2D eigenvalue weighted by atomic mass is 16.2. The molecule has 0 fully saturated rings. The topological polar surface area (TPSA) is 59.0 Å². The van der Waals surface area contributed by atoms with E-state index in [0.29, 0.717) is 6.54 Å². The van der Waals surface area contributed by atoms with E-state index in [-0.39, 0.29) is 6.03 Å². The van der Waals surface area contributed by atoms with E-state index in [9.17, 15) is 4.79 Å². The summed E-state index contributed by atoms with van der Waals surface area (Å²) in [7, 11) is 0. The Labute approximate surface area is 96.2 Å². The van der Waals surface area contributed by atoms with E-state index in [2.05, 4.69) is 22.7 Å². The van der Waals surface area contributed by atoms with E-state index in [1.54, 1.807) is 6.20 Å². The predicted molar refractivity (Wildman–Crippen MR) is 63.2 cm³/mol. The lowest BCUT2D eigenvalue weighted by atomic mass is 10.3. The molecule has 0 saturated carbocycles. The molecule has 90 valence electrons. The van der Waals surface area contributed by atoms with Crippen molar-refractivity contribution in [3.8, 4) is 0 Å². The molecule has 5 heteroatoms. The minimum absolute atomic E-state index is 0.0751. The predicted octanol–water partition coefficient (Wildman–Crippen LogP) is 1.37. The Morgan fingerprint density at radius 3 is 2.69 bits per heavy atom. The van der Waals surface area contributed by atoms with Crippen LogP contribution in [0.2, 0.25) is 0 Å². The van der Waals surface area contributed by atoms with Gasteiger partial charge < -0.3 is 10.6 Å². The number of urea groups is 1. The summed E-state index contributed by atoms with van der Waals surface area (Å²) >= 11 is 0. The molecule has 5 nitrogen and oxygen atoms in total. The van der Waals surface area contributed by atoms with Crippen molar-refractivity contribution in [2.45, 2.75) is 32.7 Å². The number of hydrogen-bond acceptors (Lipinski definition) is 2. The van der Waals surface area contributed by atoms with E-state index in [1.807, 2.05) is 16.9 Å². The van der Waals surface area contributed by atoms with Gasteiger partial charge in [0.2, 0.25) is 0 Å². The lowest BCUT2D eigenvalue weighted by molar-refractivity contribution is 0.240. The molecule has 0 aromatic carbocycles. The average molecular weight is 224 g/mol. The van der Waals surface area contributed by atoms with Gasteiger partial charge in [-0.05, 0) is 18.9 Å². The SMILES string of the molecule is CCCCNC(=O)NCCCn1cccn1. The Hall–Kier alpha value is -1.52. The number of nitrogens with one attached hydrogen (secondary N) is 2. The first-order valence-corrected chi connectivity index (χ1v) is 5.82. The molecule has 0 unspecified atom stereocenters. The molecule has 16 heavy (non-hydrogen) atoms. The molecule has 0 spiro atoms. The number of rotatable bonds is 7. The monoisotopic (exact) mass is 224 g/mol. The van der Waals surface area contributed by atoms with E-state index >= 15 is 0 Å². The smallest absolute Gasteiger partial charge is 0.314 e. The standard InChI is InChI=1S/C11H20N4O/c1-2-3-6-12-11(16)13-7-4-9-15-10-5-8-14-15/h5,8,10H,2-4,6-7,9H2,1H3,(H2,12,13,16). The van der Waals surface area contributed by atoms with Gasteiger partial charge in [0.15, 0.2) is 0 Å². The second-order valence-electron chi connectivity index (χ2n) is 3.66. The van der Waals surface area contributed by atoms with Gasteiger partial charge >= 0.3 is 6.03 Å². The molecule has 0 saturated heterocycles. The summed E-state index contributed by atoms with van der Waals surface area (Å²) < 4.78 is 1.86. The number of aromatic nitrogens is 2. The number of nitrogens with zero attached hydrogens (tertiary/aromatic N) is 2. The van der Waals surface area contributed by atoms with Crippen LogP contribution in [0.1, 0.15) is 26.2 Å². The summed E-state index contributed by atoms with van der Waals surface area (Å²) in [6, 6.07) is 1.82. The first-order chi connectivity index (χ1) is 7.83. The van der Waals surface area contributed by atoms with Crippen LogP contribution in [-0.4, -0.2) is 28.9 Å². The van der Waals surface area contributed by atoms with E-state index in [1.165, 1.54) is 0 Å². The third-order valence-electron chi connectivity index (χ3n) is 2.22. The van der Waals surface area contributed by atoms with Crippen molar-refractivity contribution < 1.29 is 4.79 Å². The molecule has 0 bridgehead atoms. The van der Waals surface area contributed by atoms with Crippen molar-refractivity contribution in [3.05, 3.63) is 18.5 Å². The largest absolute Gasteiger partial charge is 0.338 e. The van der Waals surface area contributed by atoms with Crippen LogP contribution >= 0.6 is 0 Å². The molecule has 0 atom stereocenters. The van der Waals surface area contributed by atoms with Gasteiger partial charge in [0.05, 0.1) is 0 Å². The van der Waals surface area contributed by atoms with Crippen LogP contribution in [0, 0.1) is 0 Å². The molecule has 1 rings (SSSR count). The Morgan fingerprint density at radius 2 is 2.06 bits per heavy atom. The van der Waals surface area contributed by atoms with Gasteiger partial charge in [0.1, 0.15) is 0 Å². The Balaban J connectivity index is 1.96. The third kappa shape index (κ3) is 5.38. The summed E-state index contributed by atoms with van der Waals surface area (Å²) in [5.74, 6) is 0. The number of carbonyl (C=O) groups is 1. The van der Waals surface area contributed by atoms with Crippen molar-refractivity contribution in [2.75, 3.05) is 13.1 Å². The normalized spacial score (nSPS) is 10.1. The highest BCUT2D eigenvalue weighted by molar-refractivity contribution is 5.73. The van der Waals surface area contributed by atoms with Gasteiger partial charge in [-0.1, -0.05) is 13.3 Å². The fraction of sp³-hybridized carbons (Fsp3) is 0.636. The quantitative estimate of drug-likeness (QED) is 0.687. The number of amides is 2. The highest BCUT2D eigenvalue weighted by Gasteiger charge is 1.97. The Morgan fingerprint density at radius 1 is 1.31 bits per heavy atom. The number of hydrogen-bond donors (Lipinski definition) is 2. The number of aryl methyl sites for hydroxylation is 1. The van der Waals surface area contributed by atoms with Crippen LogP contribution in [0.4, 0.5) is 4.79 Å². The zero-order chi connectivity index (χ0) is 11.6. The highest BCUT2D eigenvalue weighted by Crippen LogP contribution is 1.88. The molecule has 0 aliphatic heterocycles. The van der Waals surface area contributed by atoms with E-state index in [4.69, 9.17) is 0 Å². The van der Waals surface area contributed by atoms with Gasteiger partial charge in [-0.25, -0.2) is 4.79 Å². The summed E-state index contributed by atoms with van der Waals surface area (Å²) in [6.45, 7) is 4.37. The molecule has 0 aliphatic carbocycles. The second kappa shape index (κ2) is 7.73. The molecule has 1 aromatic heterocycles. The van der Waals surface area contributed by atoms with Crippen LogP contribution in [0.5, 0.6) is 0 Å². The van der Waals surface area contributed by atoms with Crippen LogP contribution in [0.25, 0.3) is 0 Å². The first-order valence-electron chi connectivity index (χ1n) is 5.82. The zero-order valence-corrected chi connectivity index (χ0v) is 9.78. The van der Waals surface area contributed by atoms with Crippen molar-refractivity contribution >= 4 is 6.03 Å². The molecule has 1 heterocycles. The minimum atomic E-state index is -0.0751. The van der Waals surface area contributed by atoms with Crippen molar-refractivity contribution in [1.82, 2.24) is 20.4 Å². The maximum atomic E-state index is 11.2. The number of unbranched alkanes of at least 4 members (excludes halogenated alkanes) is 1. The number of carbonyl (C=O) groups excluding carboxylic acids is 1. The molecule has 0 radical (unpaired) electrons. The van der Waals surface area contributed by atoms with E-state index in [0.717, 1.165) is 32.4 Å². The van der Waals surface area contributed by atoms with Crippen LogP contribution in [-0.2, 0) is 6.54 Å². The molecule has 0 aliphatic rings. The van der Waals surface area contributed by atoms with E-state index < -0.39 is 0 Å². The second-order valence-corrected chi connectivity index (χ2v) is 3.66. The Bertz CT molecular complexity index is 284. The van der Waals surface area contributed by atoms with Crippen LogP contribution < -0.4 is 10.6 Å². The maximum absolute atomic E-state index is 11.2. The van der Waals surface area contributed by atoms with Crippen molar-refractivity contribution in [3.63, 3.8) is 0 Å². The summed E-state index contributed by atoms with van der Waals surface area (Å²) in [4.78, 5) is 11.2. The fourth-order valence-corrected chi connectivity index (χ4v) is 1.32. The first kappa shape index (κ1) is 12.5. The maximum Gasteiger partial charge on any atom is 0.314 e. The van der Waals surface area contributed by atoms with Gasteiger partial charge in [-0.3, -0.25) is 4.68 Å². The van der Waals surface area contributed by atoms with Crippen LogP contribution in [0.3, 0.4) is 0 Å².